The van der Waals surface area contributed by atoms with Gasteiger partial charge in [-0.25, -0.2) is 4.98 Å². The third-order valence-electron chi connectivity index (χ3n) is 2.46. The van der Waals surface area contributed by atoms with Crippen LogP contribution in [0.3, 0.4) is 0 Å². The second kappa shape index (κ2) is 4.64. The van der Waals surface area contributed by atoms with Crippen molar-refractivity contribution in [3.05, 3.63) is 44.3 Å². The molecular formula is C11H5Cl2IN4. The lowest BCUT2D eigenvalue weighted by Crippen LogP contribution is -1.91. The Kier molecular flexibility index (Phi) is 3.13. The van der Waals surface area contributed by atoms with Gasteiger partial charge in [0.1, 0.15) is 0 Å². The zero-order chi connectivity index (χ0) is 12.7. The van der Waals surface area contributed by atoms with E-state index in [1.807, 2.05) is 18.2 Å². The Balaban J connectivity index is 2.25. The molecule has 18 heavy (non-hydrogen) atoms. The normalized spacial score (nSPS) is 11.1. The van der Waals surface area contributed by atoms with E-state index in [0.717, 1.165) is 9.13 Å². The summed E-state index contributed by atoms with van der Waals surface area (Å²) in [5.74, 6) is 0.688. The van der Waals surface area contributed by atoms with Crippen molar-refractivity contribution in [2.45, 2.75) is 0 Å². The number of rotatable bonds is 1. The first-order valence-corrected chi connectivity index (χ1v) is 6.81. The van der Waals surface area contributed by atoms with Gasteiger partial charge in [-0.1, -0.05) is 29.3 Å². The molecule has 3 rings (SSSR count). The van der Waals surface area contributed by atoms with E-state index in [1.165, 1.54) is 0 Å². The maximum atomic E-state index is 6.11. The predicted molar refractivity (Wildman–Crippen MR) is 79.0 cm³/mol. The van der Waals surface area contributed by atoms with Crippen molar-refractivity contribution in [3.8, 4) is 11.4 Å². The molecule has 0 radical (unpaired) electrons. The second-order valence-electron chi connectivity index (χ2n) is 3.56. The lowest BCUT2D eigenvalue weighted by molar-refractivity contribution is 1.11. The van der Waals surface area contributed by atoms with E-state index in [9.17, 15) is 0 Å². The monoisotopic (exact) mass is 390 g/mol. The second-order valence-corrected chi connectivity index (χ2v) is 5.49. The molecule has 4 nitrogen and oxygen atoms in total. The van der Waals surface area contributed by atoms with E-state index in [1.54, 1.807) is 16.8 Å². The van der Waals surface area contributed by atoms with Crippen LogP contribution in [0.2, 0.25) is 10.2 Å². The van der Waals surface area contributed by atoms with Crippen LogP contribution in [0.15, 0.2) is 30.6 Å². The fourth-order valence-corrected chi connectivity index (χ4v) is 2.33. The van der Waals surface area contributed by atoms with Crippen molar-refractivity contribution in [1.29, 1.82) is 0 Å². The van der Waals surface area contributed by atoms with Crippen LogP contribution in [0, 0.1) is 3.57 Å². The number of hydrogen-bond donors (Lipinski definition) is 0. The van der Waals surface area contributed by atoms with Gasteiger partial charge in [-0.2, -0.15) is 0 Å². The van der Waals surface area contributed by atoms with Gasteiger partial charge in [-0.05, 0) is 34.7 Å². The molecule has 0 saturated carbocycles. The van der Waals surface area contributed by atoms with Crippen LogP contribution < -0.4 is 0 Å². The molecule has 0 aliphatic carbocycles. The summed E-state index contributed by atoms with van der Waals surface area (Å²) >= 11 is 14.2. The molecule has 0 saturated heterocycles. The number of hydrogen-bond acceptors (Lipinski definition) is 3. The average Bonchev–Trinajstić information content (AvgIpc) is 2.78. The molecule has 7 heteroatoms. The van der Waals surface area contributed by atoms with E-state index in [4.69, 9.17) is 23.2 Å². The summed E-state index contributed by atoms with van der Waals surface area (Å²) in [7, 11) is 0. The lowest BCUT2D eigenvalue weighted by Gasteiger charge is -2.02. The van der Waals surface area contributed by atoms with Gasteiger partial charge in [0.05, 0.1) is 5.02 Å². The lowest BCUT2D eigenvalue weighted by atomic mass is 10.2. The molecule has 0 aliphatic rings. The van der Waals surface area contributed by atoms with Crippen LogP contribution in [0.5, 0.6) is 0 Å². The van der Waals surface area contributed by atoms with Gasteiger partial charge in [-0.15, -0.1) is 10.2 Å². The summed E-state index contributed by atoms with van der Waals surface area (Å²) in [6, 6.07) is 5.73. The number of fused-ring (bicyclic) bond motifs is 1. The van der Waals surface area contributed by atoms with Crippen LogP contribution in [0.4, 0.5) is 0 Å². The zero-order valence-electron chi connectivity index (χ0n) is 8.81. The quantitative estimate of drug-likeness (QED) is 0.595. The molecule has 0 bridgehead atoms. The van der Waals surface area contributed by atoms with Crippen molar-refractivity contribution < 1.29 is 0 Å². The molecular weight excluding hydrogens is 386 g/mol. The summed E-state index contributed by atoms with van der Waals surface area (Å²) in [6.45, 7) is 0. The number of benzene rings is 1. The fraction of sp³-hybridized carbons (Fsp3) is 0. The van der Waals surface area contributed by atoms with Crippen molar-refractivity contribution in [2.24, 2.45) is 0 Å². The molecule has 90 valence electrons. The Hall–Kier alpha value is -0.920. The number of nitrogens with zero attached hydrogens (tertiary/aromatic N) is 4. The Labute approximate surface area is 126 Å². The highest BCUT2D eigenvalue weighted by Gasteiger charge is 2.11. The summed E-state index contributed by atoms with van der Waals surface area (Å²) in [5, 5.41) is 9.16. The maximum Gasteiger partial charge on any atom is 0.198 e. The van der Waals surface area contributed by atoms with E-state index in [0.29, 0.717) is 21.6 Å². The van der Waals surface area contributed by atoms with Crippen LogP contribution >= 0.6 is 45.8 Å². The standard InChI is InChI=1S/C11H5Cl2IN4/c12-7-5-6(1-2-8(7)14)10-16-17-11-9(13)15-3-4-18(10)11/h1-5H. The molecule has 0 spiro atoms. The first-order valence-electron chi connectivity index (χ1n) is 4.97. The van der Waals surface area contributed by atoms with Crippen LogP contribution in [-0.4, -0.2) is 19.6 Å². The van der Waals surface area contributed by atoms with Gasteiger partial charge >= 0.3 is 0 Å². The van der Waals surface area contributed by atoms with E-state index in [2.05, 4.69) is 37.8 Å². The third-order valence-corrected chi connectivity index (χ3v) is 4.30. The Morgan fingerprint density at radius 2 is 2.00 bits per heavy atom. The average molecular weight is 391 g/mol. The number of aromatic nitrogens is 4. The minimum absolute atomic E-state index is 0.327. The first kappa shape index (κ1) is 12.1. The SMILES string of the molecule is Clc1cc(-c2nnc3c(Cl)nccn23)ccc1I. The molecule has 0 atom stereocenters. The third kappa shape index (κ3) is 1.96. The van der Waals surface area contributed by atoms with Crippen LogP contribution in [-0.2, 0) is 0 Å². The molecule has 0 aliphatic heterocycles. The summed E-state index contributed by atoms with van der Waals surface area (Å²) < 4.78 is 2.78. The summed E-state index contributed by atoms with van der Waals surface area (Å²) in [6.07, 6.45) is 3.37. The molecule has 2 heterocycles. The fourth-order valence-electron chi connectivity index (χ4n) is 1.63. The molecule has 0 fully saturated rings. The summed E-state index contributed by atoms with van der Waals surface area (Å²) in [5.41, 5.74) is 1.42. The van der Waals surface area contributed by atoms with Gasteiger partial charge in [0.2, 0.25) is 0 Å². The predicted octanol–water partition coefficient (Wildman–Crippen LogP) is 3.70. The van der Waals surface area contributed by atoms with Crippen LogP contribution in [0.25, 0.3) is 17.0 Å². The van der Waals surface area contributed by atoms with E-state index in [-0.39, 0.29) is 0 Å². The van der Waals surface area contributed by atoms with Crippen LogP contribution in [0.1, 0.15) is 0 Å². The minimum atomic E-state index is 0.327. The molecule has 3 aromatic rings. The first-order chi connectivity index (χ1) is 8.66. The molecule has 1 aromatic carbocycles. The zero-order valence-corrected chi connectivity index (χ0v) is 12.5. The van der Waals surface area contributed by atoms with E-state index < -0.39 is 0 Å². The topological polar surface area (TPSA) is 43.1 Å². The molecule has 2 aromatic heterocycles. The molecule has 0 unspecified atom stereocenters. The van der Waals surface area contributed by atoms with Crippen molar-refractivity contribution in [3.63, 3.8) is 0 Å². The molecule has 0 N–H and O–H groups in total. The van der Waals surface area contributed by atoms with Gasteiger partial charge in [0.15, 0.2) is 16.6 Å². The van der Waals surface area contributed by atoms with E-state index >= 15 is 0 Å². The molecule has 0 amide bonds. The van der Waals surface area contributed by atoms with Crippen molar-refractivity contribution in [2.75, 3.05) is 0 Å². The highest BCUT2D eigenvalue weighted by atomic mass is 127. The smallest absolute Gasteiger partial charge is 0.198 e. The highest BCUT2D eigenvalue weighted by Crippen LogP contribution is 2.26. The summed E-state index contributed by atoms with van der Waals surface area (Å²) in [4.78, 5) is 3.96. The largest absolute Gasteiger partial charge is 0.278 e. The maximum absolute atomic E-state index is 6.11. The minimum Gasteiger partial charge on any atom is -0.278 e. The Morgan fingerprint density at radius 1 is 1.17 bits per heavy atom. The van der Waals surface area contributed by atoms with Crippen molar-refractivity contribution >= 4 is 51.4 Å². The van der Waals surface area contributed by atoms with Gasteiger partial charge in [-0.3, -0.25) is 4.40 Å². The van der Waals surface area contributed by atoms with Crippen molar-refractivity contribution in [1.82, 2.24) is 19.6 Å². The Morgan fingerprint density at radius 3 is 2.78 bits per heavy atom. The van der Waals surface area contributed by atoms with Gasteiger partial charge < -0.3 is 0 Å². The number of halogens is 3. The van der Waals surface area contributed by atoms with Gasteiger partial charge in [0, 0.05) is 21.5 Å². The van der Waals surface area contributed by atoms with Gasteiger partial charge in [0.25, 0.3) is 0 Å². The Bertz CT molecular complexity index is 741. The highest BCUT2D eigenvalue weighted by molar-refractivity contribution is 14.1.